The number of fused-ring (bicyclic) bond motifs is 11. The highest BCUT2D eigenvalue weighted by molar-refractivity contribution is 7.26. The molecule has 1 aliphatic rings. The molecule has 0 N–H and O–H groups in total. The zero-order chi connectivity index (χ0) is 26.2. The largest absolute Gasteiger partial charge is 0.277 e. The van der Waals surface area contributed by atoms with Crippen molar-refractivity contribution in [2.45, 2.75) is 12.8 Å². The summed E-state index contributed by atoms with van der Waals surface area (Å²) in [6.45, 7) is 0. The lowest BCUT2D eigenvalue weighted by Crippen LogP contribution is -2.05. The number of rotatable bonds is 2. The van der Waals surface area contributed by atoms with Gasteiger partial charge < -0.3 is 0 Å². The summed E-state index contributed by atoms with van der Waals surface area (Å²) in [4.78, 5) is 10.5. The number of aryl methyl sites for hydroxylation is 1. The SMILES string of the molecule is C1=Cc2c(c3sc4ccccc4c3c3c4ccccc4n(-c4nc(-c5ccccc5)c5ccccc5n4)c23)CC1. The molecule has 40 heavy (non-hydrogen) atoms. The maximum Gasteiger partial charge on any atom is 0.235 e. The molecule has 0 bridgehead atoms. The first kappa shape index (κ1) is 22.1. The minimum absolute atomic E-state index is 0.712. The van der Waals surface area contributed by atoms with Crippen molar-refractivity contribution >= 4 is 70.3 Å². The van der Waals surface area contributed by atoms with Crippen LogP contribution in [0.5, 0.6) is 0 Å². The summed E-state index contributed by atoms with van der Waals surface area (Å²) in [6, 6.07) is 36.4. The van der Waals surface area contributed by atoms with Crippen LogP contribution in [0.25, 0.3) is 76.2 Å². The van der Waals surface area contributed by atoms with E-state index in [4.69, 9.17) is 9.97 Å². The Morgan fingerprint density at radius 1 is 0.675 bits per heavy atom. The maximum absolute atomic E-state index is 5.32. The summed E-state index contributed by atoms with van der Waals surface area (Å²) in [6.07, 6.45) is 6.76. The first-order valence-corrected chi connectivity index (χ1v) is 14.6. The van der Waals surface area contributed by atoms with E-state index in [-0.39, 0.29) is 0 Å². The van der Waals surface area contributed by atoms with E-state index < -0.39 is 0 Å². The van der Waals surface area contributed by atoms with Crippen LogP contribution in [0, 0.1) is 0 Å². The fourth-order valence-corrected chi connectivity index (χ4v) is 7.86. The van der Waals surface area contributed by atoms with E-state index in [0.29, 0.717) is 5.95 Å². The lowest BCUT2D eigenvalue weighted by molar-refractivity contribution is 0.986. The second-order valence-corrected chi connectivity index (χ2v) is 11.5. The molecule has 5 aromatic carbocycles. The second kappa shape index (κ2) is 8.35. The quantitative estimate of drug-likeness (QED) is 0.223. The van der Waals surface area contributed by atoms with Crippen LogP contribution in [0.15, 0.2) is 109 Å². The summed E-state index contributed by atoms with van der Waals surface area (Å²) in [5.41, 5.74) is 8.08. The molecule has 1 aliphatic carbocycles. The Labute approximate surface area is 234 Å². The van der Waals surface area contributed by atoms with Gasteiger partial charge in [0.25, 0.3) is 0 Å². The van der Waals surface area contributed by atoms with Crippen molar-refractivity contribution in [3.63, 3.8) is 0 Å². The summed E-state index contributed by atoms with van der Waals surface area (Å²) < 4.78 is 5.08. The van der Waals surface area contributed by atoms with Gasteiger partial charge in [0.1, 0.15) is 0 Å². The molecule has 3 heterocycles. The minimum Gasteiger partial charge on any atom is -0.277 e. The summed E-state index contributed by atoms with van der Waals surface area (Å²) in [5, 5.41) is 6.30. The maximum atomic E-state index is 5.32. The highest BCUT2D eigenvalue weighted by Gasteiger charge is 2.26. The van der Waals surface area contributed by atoms with Crippen LogP contribution in [0.2, 0.25) is 0 Å². The van der Waals surface area contributed by atoms with Gasteiger partial charge in [-0.2, -0.15) is 0 Å². The molecule has 4 heteroatoms. The van der Waals surface area contributed by atoms with Crippen LogP contribution in [-0.2, 0) is 6.42 Å². The summed E-state index contributed by atoms with van der Waals surface area (Å²) in [5.74, 6) is 0.712. The van der Waals surface area contributed by atoms with Crippen LogP contribution >= 0.6 is 11.3 Å². The van der Waals surface area contributed by atoms with Crippen molar-refractivity contribution in [2.75, 3.05) is 0 Å². The number of allylic oxidation sites excluding steroid dienone is 1. The van der Waals surface area contributed by atoms with Gasteiger partial charge in [0.05, 0.1) is 22.2 Å². The number of para-hydroxylation sites is 2. The average Bonchev–Trinajstić information content (AvgIpc) is 3.58. The number of aromatic nitrogens is 3. The third-order valence-corrected chi connectivity index (χ3v) is 9.49. The minimum atomic E-state index is 0.712. The van der Waals surface area contributed by atoms with E-state index in [0.717, 1.165) is 40.5 Å². The summed E-state index contributed by atoms with van der Waals surface area (Å²) in [7, 11) is 0. The molecule has 8 aromatic rings. The predicted molar refractivity (Wildman–Crippen MR) is 170 cm³/mol. The van der Waals surface area contributed by atoms with Gasteiger partial charge in [-0.05, 0) is 36.6 Å². The van der Waals surface area contributed by atoms with Crippen molar-refractivity contribution in [1.29, 1.82) is 0 Å². The highest BCUT2D eigenvalue weighted by atomic mass is 32.1. The number of nitrogens with zero attached hydrogens (tertiary/aromatic N) is 3. The Bertz CT molecular complexity index is 2320. The predicted octanol–water partition coefficient (Wildman–Crippen LogP) is 9.72. The molecule has 0 fully saturated rings. The molecule has 0 aliphatic heterocycles. The monoisotopic (exact) mass is 529 g/mol. The third kappa shape index (κ3) is 3.00. The molecule has 3 nitrogen and oxygen atoms in total. The molecule has 0 amide bonds. The van der Waals surface area contributed by atoms with E-state index in [2.05, 4.69) is 120 Å². The van der Waals surface area contributed by atoms with Crippen molar-refractivity contribution < 1.29 is 0 Å². The standard InChI is InChI=1S/C36H23N3S/c1-2-12-22(13-3-1)33-25-16-6-9-19-28(25)37-36(38-33)39-29-20-10-7-17-26(29)31-32-27-18-8-11-21-30(27)40-35(32)24-15-5-4-14-23(24)34(31)39/h1-4,6-14,16-21H,5,15H2. The first-order chi connectivity index (χ1) is 19.9. The molecule has 188 valence electrons. The van der Waals surface area contributed by atoms with Crippen LogP contribution in [0.4, 0.5) is 0 Å². The van der Waals surface area contributed by atoms with Crippen LogP contribution in [0.1, 0.15) is 17.5 Å². The van der Waals surface area contributed by atoms with Gasteiger partial charge in [0, 0.05) is 47.5 Å². The molecule has 9 rings (SSSR count). The van der Waals surface area contributed by atoms with Gasteiger partial charge in [0.2, 0.25) is 5.95 Å². The van der Waals surface area contributed by atoms with Gasteiger partial charge in [-0.3, -0.25) is 4.57 Å². The van der Waals surface area contributed by atoms with E-state index >= 15 is 0 Å². The lowest BCUT2D eigenvalue weighted by atomic mass is 9.91. The van der Waals surface area contributed by atoms with E-state index in [1.807, 2.05) is 11.3 Å². The fraction of sp³-hybridized carbons (Fsp3) is 0.0556. The lowest BCUT2D eigenvalue weighted by Gasteiger charge is -2.17. The zero-order valence-electron chi connectivity index (χ0n) is 21.6. The Morgan fingerprint density at radius 3 is 2.33 bits per heavy atom. The fourth-order valence-electron chi connectivity index (χ4n) is 6.56. The zero-order valence-corrected chi connectivity index (χ0v) is 22.5. The van der Waals surface area contributed by atoms with Crippen molar-refractivity contribution in [2.24, 2.45) is 0 Å². The molecule has 3 aromatic heterocycles. The average molecular weight is 530 g/mol. The van der Waals surface area contributed by atoms with Crippen LogP contribution in [-0.4, -0.2) is 14.5 Å². The number of hydrogen-bond donors (Lipinski definition) is 0. The van der Waals surface area contributed by atoms with E-state index in [1.165, 1.54) is 47.6 Å². The van der Waals surface area contributed by atoms with E-state index in [1.54, 1.807) is 0 Å². The van der Waals surface area contributed by atoms with Gasteiger partial charge >= 0.3 is 0 Å². The Balaban J connectivity index is 1.52. The molecular weight excluding hydrogens is 506 g/mol. The van der Waals surface area contributed by atoms with Crippen molar-refractivity contribution in [1.82, 2.24) is 14.5 Å². The topological polar surface area (TPSA) is 30.7 Å². The van der Waals surface area contributed by atoms with Gasteiger partial charge in [0.15, 0.2) is 0 Å². The molecule has 0 atom stereocenters. The Kier molecular flexibility index (Phi) is 4.60. The number of benzene rings is 5. The molecule has 0 spiro atoms. The summed E-state index contributed by atoms with van der Waals surface area (Å²) >= 11 is 1.93. The molecule has 0 saturated carbocycles. The van der Waals surface area contributed by atoms with Crippen molar-refractivity contribution in [3.8, 4) is 17.2 Å². The Morgan fingerprint density at radius 2 is 1.43 bits per heavy atom. The highest BCUT2D eigenvalue weighted by Crippen LogP contribution is 2.48. The van der Waals surface area contributed by atoms with Gasteiger partial charge in [-0.25, -0.2) is 9.97 Å². The third-order valence-electron chi connectivity index (χ3n) is 8.26. The molecule has 0 saturated heterocycles. The van der Waals surface area contributed by atoms with Gasteiger partial charge in [-0.1, -0.05) is 97.1 Å². The van der Waals surface area contributed by atoms with Crippen LogP contribution in [0.3, 0.4) is 0 Å². The van der Waals surface area contributed by atoms with E-state index in [9.17, 15) is 0 Å². The first-order valence-electron chi connectivity index (χ1n) is 13.8. The molecule has 0 radical (unpaired) electrons. The molecule has 0 unspecified atom stereocenters. The number of hydrogen-bond acceptors (Lipinski definition) is 3. The van der Waals surface area contributed by atoms with Crippen molar-refractivity contribution in [3.05, 3.63) is 120 Å². The smallest absolute Gasteiger partial charge is 0.235 e. The van der Waals surface area contributed by atoms with Gasteiger partial charge in [-0.15, -0.1) is 11.3 Å². The second-order valence-electron chi connectivity index (χ2n) is 10.5. The Hall–Kier alpha value is -4.80. The molecular formula is C36H23N3S. The normalized spacial score (nSPS) is 13.2. The number of thiophene rings is 1. The van der Waals surface area contributed by atoms with Crippen LogP contribution < -0.4 is 0 Å².